The van der Waals surface area contributed by atoms with Crippen molar-refractivity contribution in [2.24, 2.45) is 64.7 Å². The molecule has 0 saturated carbocycles. The molecule has 9 saturated heterocycles. The number of nitrogens with one attached hydrogen (secondary N) is 3. The Morgan fingerprint density at radius 2 is 0.554 bits per heavy atom. The van der Waals surface area contributed by atoms with Crippen LogP contribution in [0.2, 0.25) is 0 Å². The van der Waals surface area contributed by atoms with E-state index < -0.39 is 226 Å². The maximum Gasteiger partial charge on any atom is 0.217 e. The minimum Gasteiger partial charge on any atom is -0.394 e. The molecule has 9 aliphatic heterocycles. The second-order valence-corrected chi connectivity index (χ2v) is 38.2. The van der Waals surface area contributed by atoms with Crippen LogP contribution in [0.25, 0.3) is 0 Å². The molecular weight excluding hydrogens is 1730 g/mol. The summed E-state index contributed by atoms with van der Waals surface area (Å²) in [5, 5.41) is 263. The zero-order valence-corrected chi connectivity index (χ0v) is 79.8. The first kappa shape index (κ1) is 125. The average molecular weight is 1900 g/mol. The van der Waals surface area contributed by atoms with Gasteiger partial charge < -0.3 is 208 Å². The predicted molar refractivity (Wildman–Crippen MR) is 466 cm³/mol. The minimum atomic E-state index is -1.26. The van der Waals surface area contributed by atoms with Gasteiger partial charge in [0.05, 0.1) is 143 Å². The van der Waals surface area contributed by atoms with Gasteiger partial charge in [0.2, 0.25) is 17.7 Å². The molecule has 0 aliphatic carbocycles. The van der Waals surface area contributed by atoms with Crippen molar-refractivity contribution in [2.45, 2.75) is 428 Å². The van der Waals surface area contributed by atoms with Gasteiger partial charge in [-0.1, -0.05) is 125 Å². The Kier molecular flexibility index (Phi) is 57.0. The summed E-state index contributed by atoms with van der Waals surface area (Å²) in [6.45, 7) is 40.2. The third-order valence-corrected chi connectivity index (χ3v) is 24.0. The van der Waals surface area contributed by atoms with Crippen LogP contribution in [0.1, 0.15) is 166 Å². The van der Waals surface area contributed by atoms with Gasteiger partial charge in [0.15, 0.2) is 0 Å². The Hall–Kier alpha value is -3.11. The molecule has 34 N–H and O–H groups in total. The summed E-state index contributed by atoms with van der Waals surface area (Å²) in [5.41, 5.74) is 11.4. The highest BCUT2D eigenvalue weighted by Gasteiger charge is 2.52. The van der Waals surface area contributed by atoms with Gasteiger partial charge in [-0.3, -0.25) is 14.4 Å². The summed E-state index contributed by atoms with van der Waals surface area (Å²) in [6, 6.07) is -2.20. The Morgan fingerprint density at radius 3 is 0.869 bits per heavy atom. The molecule has 0 radical (unpaired) electrons. The minimum absolute atomic E-state index is 0.00646. The molecule has 130 heavy (non-hydrogen) atoms. The van der Waals surface area contributed by atoms with Crippen molar-refractivity contribution in [3.8, 4) is 0 Å². The molecule has 9 rings (SSSR count). The average Bonchev–Trinajstić information content (AvgIpc) is 0.838. The first-order valence-electron chi connectivity index (χ1n) is 45.2. The zero-order valence-electron chi connectivity index (χ0n) is 79.8. The smallest absolute Gasteiger partial charge is 0.217 e. The molecule has 0 spiro atoms. The van der Waals surface area contributed by atoms with Crippen molar-refractivity contribution in [2.75, 3.05) is 46.2 Å². The highest BCUT2D eigenvalue weighted by molar-refractivity contribution is 5.74. The molecule has 9 aliphatic rings. The van der Waals surface area contributed by atoms with E-state index in [1.54, 1.807) is 6.92 Å². The van der Waals surface area contributed by atoms with Crippen LogP contribution < -0.4 is 27.4 Å². The summed E-state index contributed by atoms with van der Waals surface area (Å²) in [6.07, 6.45) is -31.9. The zero-order chi connectivity index (χ0) is 101. The van der Waals surface area contributed by atoms with Crippen molar-refractivity contribution in [1.29, 1.82) is 0 Å². The lowest BCUT2D eigenvalue weighted by Gasteiger charge is -2.44. The van der Waals surface area contributed by atoms with Crippen molar-refractivity contribution in [1.82, 2.24) is 16.0 Å². The van der Waals surface area contributed by atoms with E-state index >= 15 is 0 Å². The van der Waals surface area contributed by atoms with E-state index in [4.69, 9.17) is 84.7 Å². The summed E-state index contributed by atoms with van der Waals surface area (Å²) < 4.78 is 48.6. The highest BCUT2D eigenvalue weighted by atomic mass is 16.6. The lowest BCUT2D eigenvalue weighted by Crippen LogP contribution is -2.65. The van der Waals surface area contributed by atoms with Crippen molar-refractivity contribution in [3.63, 3.8) is 0 Å². The SMILES string of the molecule is CC(=O)NC1[C@H](C(C)C)OC(CO)[C@@H](O)[C@@H]1O.CC(=O)NCC1O[C@@H](C(C)C)C(O)[C@@H](O)[C@@H]1O.CC(=O)N[C@@H]1C(O)[C@H](C(C)C)OC(CO)[C@H]1O.CC(C)[C@@H]1OC(C)[C@@H](O)[C@H](N)C1O.CC(C)[C@@H]1OC(CO)[C@@H](O)[C@H](O)C1O.CC(C)[C@@H]1OC(CO)[C@H](O)[C@H](O)C1O.CC(C)[C@@H]1OC(CO)[C@H](O)[C@H](O)C1O.CC(C)[C@@H]1OC[C@@H](O)[C@H](O)C1O.CC1C[C@H](N)C(O)[C@H](C(C)C)O1. The third kappa shape index (κ3) is 36.6. The van der Waals surface area contributed by atoms with Gasteiger partial charge in [0.1, 0.15) is 153 Å². The molecule has 44 heteroatoms. The first-order chi connectivity index (χ1) is 60.1. The lowest BCUT2D eigenvalue weighted by molar-refractivity contribution is -0.238. The van der Waals surface area contributed by atoms with E-state index in [0.29, 0.717) is 5.92 Å². The molecular formula is C86H171N5O39. The van der Waals surface area contributed by atoms with E-state index in [9.17, 15) is 122 Å². The molecule has 44 nitrogen and oxygen atoms in total. The second-order valence-electron chi connectivity index (χ2n) is 38.2. The van der Waals surface area contributed by atoms with Crippen LogP contribution in [0.3, 0.4) is 0 Å². The topological polar surface area (TPSA) is 769 Å². The van der Waals surface area contributed by atoms with Gasteiger partial charge >= 0.3 is 0 Å². The van der Waals surface area contributed by atoms with Crippen LogP contribution in [-0.4, -0.2) is 464 Å². The molecule has 0 bridgehead atoms. The summed E-state index contributed by atoms with van der Waals surface area (Å²) in [7, 11) is 0. The first-order valence-corrected chi connectivity index (χ1v) is 45.2. The molecule has 774 valence electrons. The summed E-state index contributed by atoms with van der Waals surface area (Å²) in [5.74, 6) is -0.0805. The van der Waals surface area contributed by atoms with Crippen LogP contribution in [0.4, 0.5) is 0 Å². The monoisotopic (exact) mass is 1900 g/mol. The number of carbonyl (C=O) groups is 3. The van der Waals surface area contributed by atoms with Crippen LogP contribution in [-0.2, 0) is 57.0 Å². The number of nitrogens with two attached hydrogens (primary N) is 2. The van der Waals surface area contributed by atoms with Crippen molar-refractivity contribution < 1.29 is 195 Å². The quantitative estimate of drug-likeness (QED) is 0.0606. The fraction of sp³-hybridized carbons (Fsp3) is 0.965. The predicted octanol–water partition coefficient (Wildman–Crippen LogP) is -9.55. The van der Waals surface area contributed by atoms with Crippen LogP contribution in [0.5, 0.6) is 0 Å². The van der Waals surface area contributed by atoms with E-state index in [0.717, 1.165) is 6.42 Å². The third-order valence-electron chi connectivity index (χ3n) is 24.0. The summed E-state index contributed by atoms with van der Waals surface area (Å²) >= 11 is 0. The maximum atomic E-state index is 11.1. The Balaban J connectivity index is 0.000000733. The van der Waals surface area contributed by atoms with E-state index in [2.05, 4.69) is 16.0 Å². The Labute approximate surface area is 764 Å². The fourth-order valence-corrected chi connectivity index (χ4v) is 16.0. The number of hydrogen-bond acceptors (Lipinski definition) is 41. The number of ether oxygens (including phenoxy) is 9. The van der Waals surface area contributed by atoms with Gasteiger partial charge in [-0.25, -0.2) is 0 Å². The lowest BCUT2D eigenvalue weighted by atomic mass is 9.87. The molecule has 3 amide bonds. The number of hydrogen-bond donors (Lipinski definition) is 32. The van der Waals surface area contributed by atoms with Gasteiger partial charge in [0.25, 0.3) is 0 Å². The van der Waals surface area contributed by atoms with Gasteiger partial charge in [0, 0.05) is 33.4 Å². The highest BCUT2D eigenvalue weighted by Crippen LogP contribution is 2.34. The second kappa shape index (κ2) is 59.4. The molecule has 9 heterocycles. The number of aliphatic hydroxyl groups is 27. The van der Waals surface area contributed by atoms with Gasteiger partial charge in [-0.2, -0.15) is 0 Å². The standard InChI is InChI=1S/3C11H21NO5.C9H19NO3.C9H19NO2.3C9H18O5.C8H16O4/c1-5(2)11-8(12-6(3)14)10(16)9(15)7(4-13)17-11;1-5(2)11-10(16)8(12-6(3)14)9(15)7(4-13)17-11;1-5(2)11-10(16)9(15)8(14)7(17-11)4-12-6(3)13;1-4(2)9-8(12)6(10)7(11)5(3)13-9;1-5(2)9-8(11)7(10)4-6(3)12-9;3*1-4(2)9-8(13)7(12)6(11)5(3-10)14-9;1-4(2)8-7(11)6(10)5(9)3-12-8/h2*5,7-11,13,15-16H,4H2,1-3H3,(H,12,14);5,7-11,14-16H,4H2,1-3H3,(H,12,13);4-9,11-12H,10H2,1-3H3;5-9,11H,4,10H2,1-3H3;3*4-13H,3H2,1-2H3;4-11H,3H2,1-2H3/t7?,8?,9-,10-,11+;7?,8-,9+,10?,11-;7?,8-,9+,10?,11+;5?,6-,7+,8?,9-;6?,7-,8?,9-;5?,6-,7+,8?,9+;2*5?,6-,7-,8?,9-;5-,6+,7?,8+/m101001001/s1. The molecule has 43 atom stereocenters. The Bertz CT molecular complexity index is 2950. The number of rotatable bonds is 18. The van der Waals surface area contributed by atoms with Crippen LogP contribution >= 0.6 is 0 Å². The van der Waals surface area contributed by atoms with E-state index in [-0.39, 0.29) is 148 Å². The summed E-state index contributed by atoms with van der Waals surface area (Å²) in [4.78, 5) is 32.9. The molecule has 0 aromatic heterocycles. The van der Waals surface area contributed by atoms with Gasteiger partial charge in [-0.15, -0.1) is 0 Å². The molecule has 0 aromatic rings. The number of carbonyl (C=O) groups excluding carboxylic acids is 3. The molecule has 0 aromatic carbocycles. The Morgan fingerprint density at radius 1 is 0.285 bits per heavy atom. The van der Waals surface area contributed by atoms with Crippen LogP contribution in [0.15, 0.2) is 0 Å². The maximum absolute atomic E-state index is 11.1. The fourth-order valence-electron chi connectivity index (χ4n) is 16.0. The largest absolute Gasteiger partial charge is 0.394 e. The number of amides is 3. The normalized spacial score (nSPS) is 42.0. The van der Waals surface area contributed by atoms with E-state index in [1.807, 2.05) is 132 Å². The van der Waals surface area contributed by atoms with Crippen LogP contribution in [0, 0.1) is 53.3 Å². The van der Waals surface area contributed by atoms with Crippen molar-refractivity contribution in [3.05, 3.63) is 0 Å². The number of aliphatic hydroxyl groups excluding tert-OH is 27. The molecule has 17 unspecified atom stereocenters. The van der Waals surface area contributed by atoms with E-state index in [1.165, 1.54) is 20.8 Å². The van der Waals surface area contributed by atoms with Gasteiger partial charge in [-0.05, 0) is 73.5 Å². The van der Waals surface area contributed by atoms with Crippen molar-refractivity contribution >= 4 is 17.7 Å². The molecule has 9 fully saturated rings.